The number of hydrogen-bond donors (Lipinski definition) is 1. The number of nitrogens with one attached hydrogen (secondary N) is 1. The zero-order chi connectivity index (χ0) is 17.4. The van der Waals surface area contributed by atoms with Crippen molar-refractivity contribution in [2.45, 2.75) is 13.0 Å². The van der Waals surface area contributed by atoms with Gasteiger partial charge in [-0.2, -0.15) is 5.26 Å². The number of rotatable bonds is 3. The summed E-state index contributed by atoms with van der Waals surface area (Å²) in [6.45, 7) is 2.04. The first-order valence-electron chi connectivity index (χ1n) is 7.30. The fourth-order valence-electron chi connectivity index (χ4n) is 2.58. The molecule has 1 aliphatic heterocycles. The smallest absolute Gasteiger partial charge is 0.332 e. The van der Waals surface area contributed by atoms with Gasteiger partial charge in [-0.1, -0.05) is 6.07 Å². The molecule has 1 N–H and O–H groups in total. The van der Waals surface area contributed by atoms with E-state index >= 15 is 0 Å². The average Bonchev–Trinajstić information content (AvgIpc) is 3.05. The van der Waals surface area contributed by atoms with Crippen molar-refractivity contribution in [2.75, 3.05) is 12.1 Å². The second-order valence-electron chi connectivity index (χ2n) is 5.52. The summed E-state index contributed by atoms with van der Waals surface area (Å²) in [6.07, 6.45) is 0. The zero-order valence-electron chi connectivity index (χ0n) is 13.5. The maximum atomic E-state index is 12.1. The minimum absolute atomic E-state index is 0.104. The van der Waals surface area contributed by atoms with Crippen LogP contribution in [-0.4, -0.2) is 15.9 Å². The summed E-state index contributed by atoms with van der Waals surface area (Å²) in [5.74, 6) is 1.50. The summed E-state index contributed by atoms with van der Waals surface area (Å²) in [5.41, 5.74) is -0.358. The maximum absolute atomic E-state index is 12.1. The molecule has 0 saturated carbocycles. The van der Waals surface area contributed by atoms with E-state index in [2.05, 4.69) is 5.32 Å². The Hall–Kier alpha value is -3.21. The third kappa shape index (κ3) is 2.40. The topological polar surface area (TPSA) is 98.3 Å². The molecule has 2 aromatic rings. The molecule has 3 rings (SSSR count). The molecule has 1 aromatic heterocycles. The third-order valence-electron chi connectivity index (χ3n) is 4.03. The highest BCUT2D eigenvalue weighted by atomic mass is 16.7. The van der Waals surface area contributed by atoms with E-state index in [1.165, 1.54) is 18.7 Å². The molecule has 1 atom stereocenters. The minimum Gasteiger partial charge on any atom is -0.454 e. The standard InChI is InChI=1S/C16H16N4O4/c1-9(10-4-5-12-13(6-10)24-8-23-12)18-14-11(7-17)15(21)20(3)16(22)19(14)2/h4-6,9,18H,8H2,1-3H3/t9-/m0/s1. The summed E-state index contributed by atoms with van der Waals surface area (Å²) >= 11 is 0. The van der Waals surface area contributed by atoms with Crippen LogP contribution in [0, 0.1) is 11.3 Å². The molecule has 8 heteroatoms. The van der Waals surface area contributed by atoms with Crippen molar-refractivity contribution in [1.29, 1.82) is 5.26 Å². The highest BCUT2D eigenvalue weighted by Gasteiger charge is 2.19. The van der Waals surface area contributed by atoms with Gasteiger partial charge in [0.25, 0.3) is 5.56 Å². The lowest BCUT2D eigenvalue weighted by Gasteiger charge is -2.19. The summed E-state index contributed by atoms with van der Waals surface area (Å²) in [4.78, 5) is 24.2. The lowest BCUT2D eigenvalue weighted by Crippen LogP contribution is -2.40. The van der Waals surface area contributed by atoms with E-state index in [0.717, 1.165) is 10.1 Å². The van der Waals surface area contributed by atoms with Crippen LogP contribution in [0.3, 0.4) is 0 Å². The highest BCUT2D eigenvalue weighted by molar-refractivity contribution is 5.53. The summed E-state index contributed by atoms with van der Waals surface area (Å²) in [7, 11) is 2.86. The van der Waals surface area contributed by atoms with E-state index in [0.29, 0.717) is 11.5 Å². The second kappa shape index (κ2) is 5.77. The van der Waals surface area contributed by atoms with Gasteiger partial charge in [-0.15, -0.1) is 0 Å². The van der Waals surface area contributed by atoms with E-state index in [-0.39, 0.29) is 24.2 Å². The molecule has 1 aliphatic rings. The van der Waals surface area contributed by atoms with Crippen molar-refractivity contribution >= 4 is 5.82 Å². The molecule has 0 spiro atoms. The fourth-order valence-corrected chi connectivity index (χ4v) is 2.58. The molecule has 0 saturated heterocycles. The van der Waals surface area contributed by atoms with E-state index in [1.54, 1.807) is 6.07 Å². The van der Waals surface area contributed by atoms with Crippen LogP contribution in [0.5, 0.6) is 11.5 Å². The predicted octanol–water partition coefficient (Wildman–Crippen LogP) is 0.857. The van der Waals surface area contributed by atoms with Crippen molar-refractivity contribution in [3.8, 4) is 17.6 Å². The van der Waals surface area contributed by atoms with Gasteiger partial charge in [-0.25, -0.2) is 4.79 Å². The Morgan fingerprint density at radius 2 is 1.92 bits per heavy atom. The number of nitriles is 1. The van der Waals surface area contributed by atoms with Crippen molar-refractivity contribution in [2.24, 2.45) is 14.1 Å². The van der Waals surface area contributed by atoms with Crippen LogP contribution in [0.25, 0.3) is 0 Å². The van der Waals surface area contributed by atoms with E-state index in [4.69, 9.17) is 9.47 Å². The average molecular weight is 328 g/mol. The van der Waals surface area contributed by atoms with Crippen LogP contribution in [0.2, 0.25) is 0 Å². The number of anilines is 1. The van der Waals surface area contributed by atoms with Gasteiger partial charge in [0, 0.05) is 14.1 Å². The van der Waals surface area contributed by atoms with Crippen molar-refractivity contribution in [1.82, 2.24) is 9.13 Å². The van der Waals surface area contributed by atoms with E-state index in [1.807, 2.05) is 25.1 Å². The van der Waals surface area contributed by atoms with Gasteiger partial charge in [0.15, 0.2) is 17.1 Å². The van der Waals surface area contributed by atoms with Gasteiger partial charge in [0.1, 0.15) is 11.9 Å². The molecule has 124 valence electrons. The fraction of sp³-hybridized carbons (Fsp3) is 0.312. The van der Waals surface area contributed by atoms with E-state index in [9.17, 15) is 14.9 Å². The maximum Gasteiger partial charge on any atom is 0.332 e. The van der Waals surface area contributed by atoms with Gasteiger partial charge >= 0.3 is 5.69 Å². The molecule has 0 bridgehead atoms. The monoisotopic (exact) mass is 328 g/mol. The number of hydrogen-bond acceptors (Lipinski definition) is 6. The van der Waals surface area contributed by atoms with Crippen molar-refractivity contribution in [3.05, 3.63) is 50.2 Å². The van der Waals surface area contributed by atoms with Crippen LogP contribution >= 0.6 is 0 Å². The molecule has 1 aromatic carbocycles. The first-order valence-corrected chi connectivity index (χ1v) is 7.30. The number of aromatic nitrogens is 2. The Balaban J connectivity index is 2.01. The molecule has 0 unspecified atom stereocenters. The van der Waals surface area contributed by atoms with Crippen LogP contribution < -0.4 is 26.0 Å². The van der Waals surface area contributed by atoms with Gasteiger partial charge in [-0.3, -0.25) is 13.9 Å². The van der Waals surface area contributed by atoms with Gasteiger partial charge in [0.05, 0.1) is 6.04 Å². The first-order chi connectivity index (χ1) is 11.4. The summed E-state index contributed by atoms with van der Waals surface area (Å²) in [6, 6.07) is 7.09. The SMILES string of the molecule is C[C@H](Nc1c(C#N)c(=O)n(C)c(=O)n1C)c1ccc2c(c1)OCO2. The number of nitrogens with zero attached hydrogens (tertiary/aromatic N) is 3. The Bertz CT molecular complexity index is 968. The van der Waals surface area contributed by atoms with Crippen LogP contribution in [0.15, 0.2) is 27.8 Å². The summed E-state index contributed by atoms with van der Waals surface area (Å²) < 4.78 is 12.8. The predicted molar refractivity (Wildman–Crippen MR) is 86.2 cm³/mol. The Morgan fingerprint density at radius 1 is 1.21 bits per heavy atom. The molecule has 0 fully saturated rings. The van der Waals surface area contributed by atoms with Gasteiger partial charge in [0.2, 0.25) is 6.79 Å². The van der Waals surface area contributed by atoms with E-state index < -0.39 is 11.2 Å². The second-order valence-corrected chi connectivity index (χ2v) is 5.52. The van der Waals surface area contributed by atoms with Gasteiger partial charge in [-0.05, 0) is 24.6 Å². The molecule has 8 nitrogen and oxygen atoms in total. The zero-order valence-corrected chi connectivity index (χ0v) is 13.5. The Morgan fingerprint density at radius 3 is 2.62 bits per heavy atom. The third-order valence-corrected chi connectivity index (χ3v) is 4.03. The molecule has 0 radical (unpaired) electrons. The van der Waals surface area contributed by atoms with Crippen LogP contribution in [-0.2, 0) is 14.1 Å². The highest BCUT2D eigenvalue weighted by Crippen LogP contribution is 2.34. The quantitative estimate of drug-likeness (QED) is 0.897. The van der Waals surface area contributed by atoms with Gasteiger partial charge < -0.3 is 14.8 Å². The molecular formula is C16H16N4O4. The first kappa shape index (κ1) is 15.7. The lowest BCUT2D eigenvalue weighted by molar-refractivity contribution is 0.174. The number of ether oxygens (including phenoxy) is 2. The van der Waals surface area contributed by atoms with Crippen molar-refractivity contribution < 1.29 is 9.47 Å². The minimum atomic E-state index is -0.624. The number of fused-ring (bicyclic) bond motifs is 1. The lowest BCUT2D eigenvalue weighted by atomic mass is 10.1. The van der Waals surface area contributed by atoms with Crippen molar-refractivity contribution in [3.63, 3.8) is 0 Å². The molecule has 0 amide bonds. The number of benzene rings is 1. The largest absolute Gasteiger partial charge is 0.454 e. The molecule has 2 heterocycles. The normalized spacial score (nSPS) is 13.4. The van der Waals surface area contributed by atoms with Crippen LogP contribution in [0.4, 0.5) is 5.82 Å². The Labute approximate surface area is 137 Å². The summed E-state index contributed by atoms with van der Waals surface area (Å²) in [5, 5.41) is 12.4. The molecular weight excluding hydrogens is 312 g/mol. The van der Waals surface area contributed by atoms with Crippen LogP contribution in [0.1, 0.15) is 24.1 Å². The molecule has 0 aliphatic carbocycles. The Kier molecular flexibility index (Phi) is 3.77. The molecule has 24 heavy (non-hydrogen) atoms.